The van der Waals surface area contributed by atoms with E-state index in [-0.39, 0.29) is 0 Å². The molecule has 3 heteroatoms. The SMILES string of the molecule is C=C(C)CCc1oc2ccc(-c3cccnc3)cc2c1-c1ccc(C)o1. The Hall–Kier alpha value is -3.07. The lowest BCUT2D eigenvalue weighted by Crippen LogP contribution is -1.86. The molecule has 4 rings (SSSR count). The van der Waals surface area contributed by atoms with Crippen LogP contribution in [0.5, 0.6) is 0 Å². The highest BCUT2D eigenvalue weighted by molar-refractivity contribution is 5.97. The number of pyridine rings is 1. The molecule has 0 radical (unpaired) electrons. The molecule has 0 amide bonds. The van der Waals surface area contributed by atoms with E-state index in [0.29, 0.717) is 0 Å². The molecule has 26 heavy (non-hydrogen) atoms. The predicted molar refractivity (Wildman–Crippen MR) is 105 cm³/mol. The van der Waals surface area contributed by atoms with Gasteiger partial charge in [0, 0.05) is 29.8 Å². The van der Waals surface area contributed by atoms with Crippen molar-refractivity contribution in [1.82, 2.24) is 4.98 Å². The zero-order valence-corrected chi connectivity index (χ0v) is 15.1. The Morgan fingerprint density at radius 2 is 1.96 bits per heavy atom. The molecule has 1 aromatic carbocycles. The number of allylic oxidation sites excluding steroid dienone is 1. The first kappa shape index (κ1) is 16.4. The summed E-state index contributed by atoms with van der Waals surface area (Å²) in [5.74, 6) is 2.69. The minimum Gasteiger partial charge on any atom is -0.461 e. The van der Waals surface area contributed by atoms with Crippen LogP contribution in [0.3, 0.4) is 0 Å². The molecule has 4 aromatic rings. The molecule has 3 aromatic heterocycles. The number of hydrogen-bond acceptors (Lipinski definition) is 3. The van der Waals surface area contributed by atoms with E-state index in [0.717, 1.165) is 63.4 Å². The zero-order valence-electron chi connectivity index (χ0n) is 15.1. The van der Waals surface area contributed by atoms with E-state index >= 15 is 0 Å². The van der Waals surface area contributed by atoms with Crippen molar-refractivity contribution in [2.24, 2.45) is 0 Å². The molecule has 0 aliphatic heterocycles. The number of furan rings is 2. The summed E-state index contributed by atoms with van der Waals surface area (Å²) in [6.45, 7) is 8.01. The quantitative estimate of drug-likeness (QED) is 0.385. The van der Waals surface area contributed by atoms with Crippen LogP contribution in [0.15, 0.2) is 75.8 Å². The number of aryl methyl sites for hydroxylation is 2. The number of benzene rings is 1. The summed E-state index contributed by atoms with van der Waals surface area (Å²) in [4.78, 5) is 4.23. The lowest BCUT2D eigenvalue weighted by Gasteiger charge is -2.03. The summed E-state index contributed by atoms with van der Waals surface area (Å²) < 4.78 is 12.1. The van der Waals surface area contributed by atoms with Crippen LogP contribution in [0.2, 0.25) is 0 Å². The smallest absolute Gasteiger partial charge is 0.138 e. The third kappa shape index (κ3) is 3.08. The molecule has 3 heterocycles. The molecular formula is C23H21NO2. The van der Waals surface area contributed by atoms with E-state index in [1.807, 2.05) is 44.3 Å². The Balaban J connectivity index is 1.89. The minimum absolute atomic E-state index is 0.807. The molecule has 0 aliphatic rings. The van der Waals surface area contributed by atoms with E-state index in [1.165, 1.54) is 0 Å². The van der Waals surface area contributed by atoms with Gasteiger partial charge in [-0.2, -0.15) is 0 Å². The molecule has 3 nitrogen and oxygen atoms in total. The summed E-state index contributed by atoms with van der Waals surface area (Å²) in [7, 11) is 0. The Labute approximate surface area is 153 Å². The summed E-state index contributed by atoms with van der Waals surface area (Å²) in [5, 5.41) is 1.07. The number of rotatable bonds is 5. The van der Waals surface area contributed by atoms with Gasteiger partial charge in [-0.3, -0.25) is 4.98 Å². The van der Waals surface area contributed by atoms with E-state index in [4.69, 9.17) is 8.83 Å². The van der Waals surface area contributed by atoms with Gasteiger partial charge in [-0.1, -0.05) is 17.7 Å². The largest absolute Gasteiger partial charge is 0.461 e. The van der Waals surface area contributed by atoms with Gasteiger partial charge in [0.15, 0.2) is 0 Å². The second-order valence-corrected chi connectivity index (χ2v) is 6.72. The van der Waals surface area contributed by atoms with Crippen LogP contribution in [0, 0.1) is 6.92 Å². The van der Waals surface area contributed by atoms with Crippen LogP contribution < -0.4 is 0 Å². The van der Waals surface area contributed by atoms with Crippen molar-refractivity contribution < 1.29 is 8.83 Å². The summed E-state index contributed by atoms with van der Waals surface area (Å²) in [6, 6.07) is 14.3. The van der Waals surface area contributed by atoms with Crippen LogP contribution in [0.25, 0.3) is 33.4 Å². The van der Waals surface area contributed by atoms with Crippen LogP contribution in [-0.2, 0) is 6.42 Å². The molecule has 0 aliphatic carbocycles. The van der Waals surface area contributed by atoms with Crippen molar-refractivity contribution in [3.63, 3.8) is 0 Å². The van der Waals surface area contributed by atoms with E-state index in [1.54, 1.807) is 6.20 Å². The average molecular weight is 343 g/mol. The highest BCUT2D eigenvalue weighted by Crippen LogP contribution is 2.38. The lowest BCUT2D eigenvalue weighted by atomic mass is 10.0. The Morgan fingerprint density at radius 1 is 1.08 bits per heavy atom. The highest BCUT2D eigenvalue weighted by Gasteiger charge is 2.19. The van der Waals surface area contributed by atoms with Gasteiger partial charge in [0.25, 0.3) is 0 Å². The Morgan fingerprint density at radius 3 is 2.65 bits per heavy atom. The molecule has 130 valence electrons. The van der Waals surface area contributed by atoms with Crippen LogP contribution >= 0.6 is 0 Å². The topological polar surface area (TPSA) is 39.2 Å². The normalized spacial score (nSPS) is 11.2. The first-order valence-corrected chi connectivity index (χ1v) is 8.79. The second-order valence-electron chi connectivity index (χ2n) is 6.72. The molecule has 0 saturated heterocycles. The molecule has 0 N–H and O–H groups in total. The molecule has 0 spiro atoms. The Bertz CT molecular complexity index is 1070. The molecule has 0 bridgehead atoms. The molecule has 0 unspecified atom stereocenters. The van der Waals surface area contributed by atoms with Gasteiger partial charge in [0.2, 0.25) is 0 Å². The van der Waals surface area contributed by atoms with Crippen molar-refractivity contribution in [1.29, 1.82) is 0 Å². The number of aromatic nitrogens is 1. The second kappa shape index (κ2) is 6.68. The predicted octanol–water partition coefficient (Wildman–Crippen LogP) is 6.57. The maximum absolute atomic E-state index is 6.19. The van der Waals surface area contributed by atoms with Gasteiger partial charge >= 0.3 is 0 Å². The summed E-state index contributed by atoms with van der Waals surface area (Å²) in [6.07, 6.45) is 5.36. The van der Waals surface area contributed by atoms with Gasteiger partial charge < -0.3 is 8.83 Å². The fourth-order valence-electron chi connectivity index (χ4n) is 3.20. The fourth-order valence-corrected chi connectivity index (χ4v) is 3.20. The minimum atomic E-state index is 0.807. The number of hydrogen-bond donors (Lipinski definition) is 0. The van der Waals surface area contributed by atoms with Gasteiger partial charge in [-0.15, -0.1) is 6.58 Å². The zero-order chi connectivity index (χ0) is 18.1. The highest BCUT2D eigenvalue weighted by atomic mass is 16.4. The standard InChI is InChI=1S/C23H21NO2/c1-15(2)6-9-22-23(21-10-7-16(3)25-21)19-13-17(8-11-20(19)26-22)18-5-4-12-24-14-18/h4-5,7-8,10-14H,1,6,9H2,2-3H3. The van der Waals surface area contributed by atoms with Gasteiger partial charge in [0.05, 0.1) is 5.56 Å². The van der Waals surface area contributed by atoms with Crippen molar-refractivity contribution >= 4 is 11.0 Å². The van der Waals surface area contributed by atoms with E-state index < -0.39 is 0 Å². The van der Waals surface area contributed by atoms with Gasteiger partial charge in [0.1, 0.15) is 22.9 Å². The van der Waals surface area contributed by atoms with Crippen LogP contribution in [0.1, 0.15) is 24.9 Å². The summed E-state index contributed by atoms with van der Waals surface area (Å²) >= 11 is 0. The molecule has 0 fully saturated rings. The molecule has 0 atom stereocenters. The number of nitrogens with zero attached hydrogens (tertiary/aromatic N) is 1. The van der Waals surface area contributed by atoms with Crippen LogP contribution in [0.4, 0.5) is 0 Å². The van der Waals surface area contributed by atoms with E-state index in [9.17, 15) is 0 Å². The van der Waals surface area contributed by atoms with Crippen molar-refractivity contribution in [3.8, 4) is 22.5 Å². The average Bonchev–Trinajstić information content (AvgIpc) is 3.22. The Kier molecular flexibility index (Phi) is 4.21. The van der Waals surface area contributed by atoms with E-state index in [2.05, 4.69) is 29.8 Å². The first-order chi connectivity index (χ1) is 12.6. The van der Waals surface area contributed by atoms with Crippen LogP contribution in [-0.4, -0.2) is 4.98 Å². The maximum Gasteiger partial charge on any atom is 0.138 e. The van der Waals surface area contributed by atoms with Crippen molar-refractivity contribution in [2.45, 2.75) is 26.7 Å². The van der Waals surface area contributed by atoms with Gasteiger partial charge in [-0.05, 0) is 56.2 Å². The molecular weight excluding hydrogens is 322 g/mol. The summed E-state index contributed by atoms with van der Waals surface area (Å²) in [5.41, 5.74) is 5.25. The third-order valence-corrected chi connectivity index (χ3v) is 4.52. The van der Waals surface area contributed by atoms with Gasteiger partial charge in [-0.25, -0.2) is 0 Å². The van der Waals surface area contributed by atoms with Crippen molar-refractivity contribution in [2.75, 3.05) is 0 Å². The maximum atomic E-state index is 6.19. The lowest BCUT2D eigenvalue weighted by molar-refractivity contribution is 0.530. The monoisotopic (exact) mass is 343 g/mol. The number of fused-ring (bicyclic) bond motifs is 1. The third-order valence-electron chi connectivity index (χ3n) is 4.52. The fraction of sp³-hybridized carbons (Fsp3) is 0.174. The first-order valence-electron chi connectivity index (χ1n) is 8.79. The molecule has 0 saturated carbocycles. The van der Waals surface area contributed by atoms with Crippen molar-refractivity contribution in [3.05, 3.63) is 78.5 Å².